The van der Waals surface area contributed by atoms with Crippen LogP contribution in [0.4, 0.5) is 23.0 Å². The molecule has 11 heteroatoms. The number of nitrogens with one attached hydrogen (secondary N) is 1. The van der Waals surface area contributed by atoms with Gasteiger partial charge >= 0.3 is 5.97 Å². The van der Waals surface area contributed by atoms with Gasteiger partial charge in [0.25, 0.3) is 0 Å². The van der Waals surface area contributed by atoms with Gasteiger partial charge in [-0.1, -0.05) is 18.2 Å². The highest BCUT2D eigenvalue weighted by atomic mass is 16.5. The first-order valence-corrected chi connectivity index (χ1v) is 12.3. The number of aromatic nitrogens is 3. The molecule has 0 atom stereocenters. The molecule has 0 spiro atoms. The maximum Gasteiger partial charge on any atom is 0.342 e. The van der Waals surface area contributed by atoms with E-state index in [2.05, 4.69) is 20.1 Å². The Morgan fingerprint density at radius 3 is 2.69 bits per heavy atom. The first-order valence-electron chi connectivity index (χ1n) is 12.3. The third-order valence-corrected chi connectivity index (χ3v) is 6.32. The molecule has 0 aliphatic carbocycles. The highest BCUT2D eigenvalue weighted by Crippen LogP contribution is 2.37. The Kier molecular flexibility index (Phi) is 8.17. The van der Waals surface area contributed by atoms with Crippen LogP contribution in [0.15, 0.2) is 48.8 Å². The Morgan fingerprint density at radius 1 is 1.21 bits per heavy atom. The molecule has 3 N–H and O–H groups in total. The Bertz CT molecular complexity index is 1540. The molecule has 0 fully saturated rings. The summed E-state index contributed by atoms with van der Waals surface area (Å²) in [5, 5.41) is 13.0. The largest absolute Gasteiger partial charge is 0.494 e. The zero-order valence-electron chi connectivity index (χ0n) is 22.7. The number of nitrogens with zero attached hydrogens (tertiary/aromatic N) is 6. The van der Waals surface area contributed by atoms with Crippen LogP contribution in [0.3, 0.4) is 0 Å². The molecule has 0 saturated heterocycles. The molecule has 2 heterocycles. The minimum atomic E-state index is -0.682. The van der Waals surface area contributed by atoms with E-state index in [0.29, 0.717) is 22.8 Å². The summed E-state index contributed by atoms with van der Waals surface area (Å²) in [5.74, 6) is 0.114. The number of fused-ring (bicyclic) bond motifs is 1. The number of nitrogens with two attached hydrogens (primary N) is 1. The predicted octanol–water partition coefficient (Wildman–Crippen LogP) is 3.65. The smallest absolute Gasteiger partial charge is 0.342 e. The molecule has 0 aliphatic heterocycles. The summed E-state index contributed by atoms with van der Waals surface area (Å²) >= 11 is 0. The maximum atomic E-state index is 12.8. The van der Waals surface area contributed by atoms with Crippen molar-refractivity contribution in [1.29, 1.82) is 5.26 Å². The second-order valence-electron chi connectivity index (χ2n) is 9.32. The number of nitriles is 1. The normalized spacial score (nSPS) is 10.9. The van der Waals surface area contributed by atoms with Crippen LogP contribution < -0.4 is 20.7 Å². The van der Waals surface area contributed by atoms with Crippen molar-refractivity contribution in [1.82, 2.24) is 19.4 Å². The van der Waals surface area contributed by atoms with Crippen LogP contribution in [0, 0.1) is 11.3 Å². The molecule has 202 valence electrons. The molecule has 0 saturated carbocycles. The lowest BCUT2D eigenvalue weighted by molar-refractivity contribution is 0.0555. The number of carbonyl (C=O) groups excluding carboxylic acids is 1. The van der Waals surface area contributed by atoms with E-state index in [-0.39, 0.29) is 18.1 Å². The minimum absolute atomic E-state index is 0.150. The molecule has 39 heavy (non-hydrogen) atoms. The first kappa shape index (κ1) is 27.2. The number of methoxy groups -OCH3 is 1. The minimum Gasteiger partial charge on any atom is -0.494 e. The van der Waals surface area contributed by atoms with E-state index < -0.39 is 5.97 Å². The zero-order chi connectivity index (χ0) is 28.1. The fourth-order valence-electron chi connectivity index (χ4n) is 4.28. The fraction of sp³-hybridized carbons (Fsp3) is 0.286. The van der Waals surface area contributed by atoms with Crippen molar-refractivity contribution in [3.8, 4) is 23.1 Å². The standard InChI is InChI=1S/C28H32N8O3/c1-34(2)11-12-35(3)24-15-25(38-5)22(14-21(24)30)32-28-31-16-19(27(37)39-13-10-29)26(33-28)20-17-36(4)23-9-7-6-8-18(20)23/h6-9,14-17H,11-13,30H2,1-5H3,(H,31,32,33). The van der Waals surface area contributed by atoms with Crippen molar-refractivity contribution in [3.05, 3.63) is 54.4 Å². The summed E-state index contributed by atoms with van der Waals surface area (Å²) < 4.78 is 12.7. The summed E-state index contributed by atoms with van der Waals surface area (Å²) in [6.07, 6.45) is 3.29. The number of hydrogen-bond donors (Lipinski definition) is 2. The molecule has 0 amide bonds. The quantitative estimate of drug-likeness (QED) is 0.232. The number of anilines is 4. The lowest BCUT2D eigenvalue weighted by atomic mass is 10.1. The number of benzene rings is 2. The number of para-hydroxylation sites is 1. The lowest BCUT2D eigenvalue weighted by Crippen LogP contribution is -2.29. The SMILES string of the molecule is COc1cc(N(C)CCN(C)C)c(N)cc1Nc1ncc(C(=O)OCC#N)c(-c2cn(C)c3ccccc23)n1. The topological polar surface area (TPSA) is 135 Å². The van der Waals surface area contributed by atoms with Crippen LogP contribution in [-0.2, 0) is 11.8 Å². The van der Waals surface area contributed by atoms with E-state index >= 15 is 0 Å². The molecule has 0 radical (unpaired) electrons. The summed E-state index contributed by atoms with van der Waals surface area (Å²) in [7, 11) is 9.52. The van der Waals surface area contributed by atoms with Gasteiger partial charge in [0.1, 0.15) is 17.4 Å². The molecule has 11 nitrogen and oxygen atoms in total. The van der Waals surface area contributed by atoms with Crippen LogP contribution >= 0.6 is 0 Å². The van der Waals surface area contributed by atoms with Crippen molar-refractivity contribution in [2.24, 2.45) is 7.05 Å². The number of likely N-dealkylation sites (N-methyl/N-ethyl adjacent to an activating group) is 2. The number of hydrogen-bond acceptors (Lipinski definition) is 10. The third kappa shape index (κ3) is 5.86. The predicted molar refractivity (Wildman–Crippen MR) is 152 cm³/mol. The molecule has 0 aliphatic rings. The van der Waals surface area contributed by atoms with Crippen molar-refractivity contribution in [2.45, 2.75) is 0 Å². The average molecular weight is 529 g/mol. The average Bonchev–Trinajstić information content (AvgIpc) is 3.26. The lowest BCUT2D eigenvalue weighted by Gasteiger charge is -2.24. The highest BCUT2D eigenvalue weighted by Gasteiger charge is 2.22. The van der Waals surface area contributed by atoms with Gasteiger partial charge in [0.05, 0.1) is 29.9 Å². The van der Waals surface area contributed by atoms with Crippen LogP contribution in [0.5, 0.6) is 5.75 Å². The number of nitrogen functional groups attached to an aromatic ring is 1. The summed E-state index contributed by atoms with van der Waals surface area (Å²) in [5.41, 5.74) is 10.6. The van der Waals surface area contributed by atoms with Gasteiger partial charge < -0.3 is 34.9 Å². The van der Waals surface area contributed by atoms with Gasteiger partial charge in [-0.25, -0.2) is 14.8 Å². The van der Waals surface area contributed by atoms with Gasteiger partial charge in [-0.05, 0) is 26.2 Å². The van der Waals surface area contributed by atoms with Crippen LogP contribution in [-0.4, -0.2) is 73.4 Å². The molecule has 2 aromatic heterocycles. The summed E-state index contributed by atoms with van der Waals surface area (Å²) in [6.45, 7) is 1.28. The molecular weight excluding hydrogens is 496 g/mol. The summed E-state index contributed by atoms with van der Waals surface area (Å²) in [4.78, 5) is 26.1. The zero-order valence-corrected chi connectivity index (χ0v) is 22.7. The van der Waals surface area contributed by atoms with Crippen molar-refractivity contribution in [2.75, 3.05) is 63.9 Å². The van der Waals surface area contributed by atoms with Crippen LogP contribution in [0.1, 0.15) is 10.4 Å². The highest BCUT2D eigenvalue weighted by molar-refractivity contribution is 6.03. The van der Waals surface area contributed by atoms with Crippen molar-refractivity contribution < 1.29 is 14.3 Å². The number of carbonyl (C=O) groups is 1. The van der Waals surface area contributed by atoms with Gasteiger partial charge in [-0.2, -0.15) is 5.26 Å². The maximum absolute atomic E-state index is 12.8. The molecule has 4 aromatic rings. The second kappa shape index (κ2) is 11.7. The van der Waals surface area contributed by atoms with Gasteiger partial charge in [0.2, 0.25) is 5.95 Å². The molecule has 4 rings (SSSR count). The summed E-state index contributed by atoms with van der Waals surface area (Å²) in [6, 6.07) is 13.3. The van der Waals surface area contributed by atoms with Gasteiger partial charge in [0, 0.05) is 62.1 Å². The van der Waals surface area contributed by atoms with Gasteiger partial charge in [0.15, 0.2) is 6.61 Å². The van der Waals surface area contributed by atoms with Crippen LogP contribution in [0.2, 0.25) is 0 Å². The number of rotatable bonds is 10. The van der Waals surface area contributed by atoms with E-state index in [9.17, 15) is 4.79 Å². The number of aryl methyl sites for hydroxylation is 1. The van der Waals surface area contributed by atoms with E-state index in [1.165, 1.54) is 6.20 Å². The Labute approximate surface area is 227 Å². The van der Waals surface area contributed by atoms with Crippen molar-refractivity contribution in [3.63, 3.8) is 0 Å². The molecular formula is C28H32N8O3. The third-order valence-electron chi connectivity index (χ3n) is 6.32. The molecule has 0 bridgehead atoms. The van der Waals surface area contributed by atoms with E-state index in [0.717, 1.165) is 35.2 Å². The van der Waals surface area contributed by atoms with E-state index in [1.807, 2.05) is 75.4 Å². The van der Waals surface area contributed by atoms with E-state index in [4.69, 9.17) is 25.5 Å². The fourth-order valence-corrected chi connectivity index (χ4v) is 4.28. The Hall–Kier alpha value is -4.82. The van der Waals surface area contributed by atoms with Crippen LogP contribution in [0.25, 0.3) is 22.2 Å². The number of ether oxygens (including phenoxy) is 2. The van der Waals surface area contributed by atoms with Crippen molar-refractivity contribution >= 4 is 39.9 Å². The van der Waals surface area contributed by atoms with Gasteiger partial charge in [-0.15, -0.1) is 0 Å². The number of esters is 1. The first-order chi connectivity index (χ1) is 18.7. The second-order valence-corrected chi connectivity index (χ2v) is 9.32. The Balaban J connectivity index is 1.75. The van der Waals surface area contributed by atoms with Gasteiger partial charge in [-0.3, -0.25) is 0 Å². The Morgan fingerprint density at radius 2 is 1.97 bits per heavy atom. The monoisotopic (exact) mass is 528 g/mol. The molecule has 0 unspecified atom stereocenters. The van der Waals surface area contributed by atoms with E-state index in [1.54, 1.807) is 13.2 Å². The molecule has 2 aromatic carbocycles.